The van der Waals surface area contributed by atoms with Gasteiger partial charge < -0.3 is 9.84 Å². The molecule has 2 unspecified atom stereocenters. The summed E-state index contributed by atoms with van der Waals surface area (Å²) in [6, 6.07) is 16.5. The fraction of sp³-hybridized carbons (Fsp3) is 0.227. The van der Waals surface area contributed by atoms with Gasteiger partial charge in [-0.15, -0.1) is 11.3 Å². The standard InChI is InChI=1S/C22H21NO5S2/c1-28-17-7-9-18(10-8-17)30(26,27)23-14-16(13-15-5-3-2-4-6-15)19-11-12-29-21(19)20(23)22(24)25/h2-12,16,20H,13-14H2,1H3,(H,24,25). The van der Waals surface area contributed by atoms with E-state index in [1.54, 1.807) is 12.1 Å². The quantitative estimate of drug-likeness (QED) is 0.624. The van der Waals surface area contributed by atoms with Crippen LogP contribution in [0.4, 0.5) is 0 Å². The molecule has 4 rings (SSSR count). The Bertz CT molecular complexity index is 1140. The van der Waals surface area contributed by atoms with Crippen LogP contribution in [-0.2, 0) is 21.2 Å². The summed E-state index contributed by atoms with van der Waals surface area (Å²) in [6.07, 6.45) is 0.631. The normalized spacial score (nSPS) is 19.2. The van der Waals surface area contributed by atoms with Crippen molar-refractivity contribution in [3.63, 3.8) is 0 Å². The highest BCUT2D eigenvalue weighted by Crippen LogP contribution is 2.43. The molecule has 2 heterocycles. The summed E-state index contributed by atoms with van der Waals surface area (Å²) in [4.78, 5) is 12.8. The van der Waals surface area contributed by atoms with Gasteiger partial charge in [0.15, 0.2) is 6.04 Å². The van der Waals surface area contributed by atoms with Gasteiger partial charge in [-0.25, -0.2) is 8.42 Å². The van der Waals surface area contributed by atoms with Crippen LogP contribution in [0.2, 0.25) is 0 Å². The van der Waals surface area contributed by atoms with Gasteiger partial charge in [0.1, 0.15) is 5.75 Å². The van der Waals surface area contributed by atoms with Crippen LogP contribution in [0.3, 0.4) is 0 Å². The molecule has 3 aromatic rings. The molecule has 0 radical (unpaired) electrons. The van der Waals surface area contributed by atoms with Crippen LogP contribution in [0.15, 0.2) is 70.9 Å². The number of carboxylic acid groups (broad SMARTS) is 1. The van der Waals surface area contributed by atoms with Crippen LogP contribution in [0.25, 0.3) is 0 Å². The molecule has 30 heavy (non-hydrogen) atoms. The van der Waals surface area contributed by atoms with Crippen LogP contribution in [0.5, 0.6) is 5.75 Å². The van der Waals surface area contributed by atoms with E-state index in [-0.39, 0.29) is 17.4 Å². The van der Waals surface area contributed by atoms with E-state index in [0.717, 1.165) is 15.4 Å². The van der Waals surface area contributed by atoms with Crippen molar-refractivity contribution in [3.8, 4) is 5.75 Å². The zero-order valence-corrected chi connectivity index (χ0v) is 17.9. The molecule has 156 valence electrons. The number of fused-ring (bicyclic) bond motifs is 1. The van der Waals surface area contributed by atoms with E-state index in [0.29, 0.717) is 17.0 Å². The summed E-state index contributed by atoms with van der Waals surface area (Å²) in [5.41, 5.74) is 1.99. The molecule has 2 atom stereocenters. The summed E-state index contributed by atoms with van der Waals surface area (Å²) in [5, 5.41) is 11.8. The topological polar surface area (TPSA) is 83.9 Å². The minimum Gasteiger partial charge on any atom is -0.497 e. The van der Waals surface area contributed by atoms with E-state index in [1.165, 1.54) is 30.6 Å². The Hall–Kier alpha value is -2.68. The Morgan fingerprint density at radius 2 is 1.83 bits per heavy atom. The van der Waals surface area contributed by atoms with E-state index >= 15 is 0 Å². The van der Waals surface area contributed by atoms with Crippen molar-refractivity contribution < 1.29 is 23.1 Å². The Balaban J connectivity index is 1.76. The fourth-order valence-corrected chi connectivity index (χ4v) is 6.63. The molecule has 1 aromatic heterocycles. The molecule has 0 fully saturated rings. The number of carbonyl (C=O) groups is 1. The van der Waals surface area contributed by atoms with Crippen molar-refractivity contribution >= 4 is 27.3 Å². The highest BCUT2D eigenvalue weighted by atomic mass is 32.2. The highest BCUT2D eigenvalue weighted by molar-refractivity contribution is 7.89. The first-order valence-corrected chi connectivity index (χ1v) is 11.7. The zero-order chi connectivity index (χ0) is 21.3. The Morgan fingerprint density at radius 3 is 2.47 bits per heavy atom. The molecule has 0 amide bonds. The Kier molecular flexibility index (Phi) is 5.64. The summed E-state index contributed by atoms with van der Waals surface area (Å²) in [7, 11) is -2.52. The number of carboxylic acids is 1. The predicted molar refractivity (Wildman–Crippen MR) is 114 cm³/mol. The molecule has 1 aliphatic rings. The van der Waals surface area contributed by atoms with Gasteiger partial charge in [0, 0.05) is 17.3 Å². The summed E-state index contributed by atoms with van der Waals surface area (Å²) in [5.74, 6) is -0.768. The lowest BCUT2D eigenvalue weighted by molar-refractivity contribution is -0.142. The van der Waals surface area contributed by atoms with Gasteiger partial charge >= 0.3 is 5.97 Å². The summed E-state index contributed by atoms with van der Waals surface area (Å²) in [6.45, 7) is 0.101. The van der Waals surface area contributed by atoms with E-state index in [9.17, 15) is 18.3 Å². The lowest BCUT2D eigenvalue weighted by atomic mass is 9.88. The van der Waals surface area contributed by atoms with Gasteiger partial charge in [-0.2, -0.15) is 4.31 Å². The number of rotatable bonds is 6. The number of ether oxygens (including phenoxy) is 1. The molecule has 1 aliphatic heterocycles. The van der Waals surface area contributed by atoms with Crippen LogP contribution in [-0.4, -0.2) is 37.5 Å². The molecule has 0 saturated heterocycles. The third-order valence-electron chi connectivity index (χ3n) is 5.33. The maximum absolute atomic E-state index is 13.5. The van der Waals surface area contributed by atoms with E-state index in [1.807, 2.05) is 41.8 Å². The van der Waals surface area contributed by atoms with Crippen LogP contribution >= 0.6 is 11.3 Å². The van der Waals surface area contributed by atoms with Gasteiger partial charge in [0.2, 0.25) is 10.0 Å². The molecular formula is C22H21NO5S2. The van der Waals surface area contributed by atoms with Crippen molar-refractivity contribution in [1.29, 1.82) is 0 Å². The summed E-state index contributed by atoms with van der Waals surface area (Å²) >= 11 is 1.29. The highest BCUT2D eigenvalue weighted by Gasteiger charge is 2.44. The van der Waals surface area contributed by atoms with Crippen molar-refractivity contribution in [1.82, 2.24) is 4.31 Å². The first-order valence-electron chi connectivity index (χ1n) is 9.41. The van der Waals surface area contributed by atoms with Gasteiger partial charge in [-0.05, 0) is 53.3 Å². The molecule has 0 aliphatic carbocycles. The van der Waals surface area contributed by atoms with Crippen molar-refractivity contribution in [3.05, 3.63) is 82.0 Å². The number of thiophene rings is 1. The number of methoxy groups -OCH3 is 1. The van der Waals surface area contributed by atoms with Gasteiger partial charge in [-0.3, -0.25) is 4.79 Å². The molecule has 1 N–H and O–H groups in total. The first-order chi connectivity index (χ1) is 14.4. The maximum atomic E-state index is 13.5. The number of benzene rings is 2. The van der Waals surface area contributed by atoms with Gasteiger partial charge in [-0.1, -0.05) is 30.3 Å². The Morgan fingerprint density at radius 1 is 1.13 bits per heavy atom. The van der Waals surface area contributed by atoms with Crippen LogP contribution < -0.4 is 4.74 Å². The molecule has 0 bridgehead atoms. The summed E-state index contributed by atoms with van der Waals surface area (Å²) < 4.78 is 33.1. The molecule has 0 spiro atoms. The number of nitrogens with zero attached hydrogens (tertiary/aromatic N) is 1. The molecule has 0 saturated carbocycles. The van der Waals surface area contributed by atoms with E-state index in [4.69, 9.17) is 4.74 Å². The minimum atomic E-state index is -4.02. The largest absolute Gasteiger partial charge is 0.497 e. The molecule has 8 heteroatoms. The average molecular weight is 444 g/mol. The van der Waals surface area contributed by atoms with Crippen LogP contribution in [0, 0.1) is 0 Å². The number of aliphatic carboxylic acids is 1. The van der Waals surface area contributed by atoms with Gasteiger partial charge in [0.25, 0.3) is 0 Å². The number of sulfonamides is 1. The van der Waals surface area contributed by atoms with Crippen molar-refractivity contribution in [2.24, 2.45) is 0 Å². The number of hydrogen-bond acceptors (Lipinski definition) is 5. The van der Waals surface area contributed by atoms with E-state index in [2.05, 4.69) is 0 Å². The SMILES string of the molecule is COc1ccc(S(=O)(=O)N2CC(Cc3ccccc3)c3ccsc3C2C(=O)O)cc1. The number of hydrogen-bond donors (Lipinski definition) is 1. The average Bonchev–Trinajstić information content (AvgIpc) is 3.24. The lowest BCUT2D eigenvalue weighted by Gasteiger charge is -2.36. The van der Waals surface area contributed by atoms with Gasteiger partial charge in [0.05, 0.1) is 12.0 Å². The molecular weight excluding hydrogens is 422 g/mol. The Labute approximate surface area is 179 Å². The predicted octanol–water partition coefficient (Wildman–Crippen LogP) is 3.91. The van der Waals surface area contributed by atoms with Crippen LogP contribution in [0.1, 0.15) is 28.0 Å². The third kappa shape index (κ3) is 3.74. The smallest absolute Gasteiger partial charge is 0.327 e. The fourth-order valence-electron chi connectivity index (χ4n) is 3.87. The second kappa shape index (κ2) is 8.22. The second-order valence-corrected chi connectivity index (χ2v) is 9.96. The monoisotopic (exact) mass is 443 g/mol. The molecule has 6 nitrogen and oxygen atoms in total. The third-order valence-corrected chi connectivity index (χ3v) is 8.16. The maximum Gasteiger partial charge on any atom is 0.327 e. The zero-order valence-electron chi connectivity index (χ0n) is 16.3. The van der Waals surface area contributed by atoms with E-state index < -0.39 is 22.0 Å². The minimum absolute atomic E-state index is 0.0491. The lowest BCUT2D eigenvalue weighted by Crippen LogP contribution is -2.44. The first kappa shape index (κ1) is 20.6. The van der Waals surface area contributed by atoms with Crippen molar-refractivity contribution in [2.45, 2.75) is 23.3 Å². The van der Waals surface area contributed by atoms with Crippen molar-refractivity contribution in [2.75, 3.05) is 13.7 Å². The second-order valence-electron chi connectivity index (χ2n) is 7.12. The molecule has 2 aromatic carbocycles.